The molecule has 1 N–H and O–H groups in total. The van der Waals surface area contributed by atoms with Gasteiger partial charge in [0, 0.05) is 32.4 Å². The molecule has 1 fully saturated rings. The van der Waals surface area contributed by atoms with Crippen LogP contribution in [0.25, 0.3) is 10.2 Å². The average Bonchev–Trinajstić information content (AvgIpc) is 3.22. The van der Waals surface area contributed by atoms with Gasteiger partial charge in [-0.3, -0.25) is 4.79 Å². The molecule has 4 aromatic rings. The first-order valence-corrected chi connectivity index (χ1v) is 11.9. The molecule has 7 nitrogen and oxygen atoms in total. The SMILES string of the molecule is Cc1c(C(=O)NC(C)c2ccccc2)sc2ncnc(N3CCN(c4ccccn4)CC3)c12. The Morgan fingerprint density at radius 1 is 0.970 bits per heavy atom. The normalized spacial score (nSPS) is 15.0. The summed E-state index contributed by atoms with van der Waals surface area (Å²) in [5.41, 5.74) is 2.02. The van der Waals surface area contributed by atoms with E-state index in [2.05, 4.69) is 30.1 Å². The van der Waals surface area contributed by atoms with Gasteiger partial charge in [-0.25, -0.2) is 15.0 Å². The number of amides is 1. The fourth-order valence-electron chi connectivity index (χ4n) is 4.28. The molecule has 0 spiro atoms. The van der Waals surface area contributed by atoms with Gasteiger partial charge in [0.05, 0.1) is 16.3 Å². The Labute approximate surface area is 197 Å². The lowest BCUT2D eigenvalue weighted by Gasteiger charge is -2.36. The van der Waals surface area contributed by atoms with E-state index < -0.39 is 0 Å². The highest BCUT2D eigenvalue weighted by Gasteiger charge is 2.25. The number of nitrogens with one attached hydrogen (secondary N) is 1. The van der Waals surface area contributed by atoms with Gasteiger partial charge >= 0.3 is 0 Å². The van der Waals surface area contributed by atoms with Gasteiger partial charge in [-0.05, 0) is 37.1 Å². The molecule has 1 aromatic carbocycles. The third-order valence-electron chi connectivity index (χ3n) is 6.11. The fraction of sp³-hybridized carbons (Fsp3) is 0.280. The van der Waals surface area contributed by atoms with E-state index in [1.807, 2.05) is 68.6 Å². The van der Waals surface area contributed by atoms with E-state index in [-0.39, 0.29) is 11.9 Å². The maximum absolute atomic E-state index is 13.1. The molecule has 1 unspecified atom stereocenters. The molecule has 0 saturated carbocycles. The zero-order chi connectivity index (χ0) is 22.8. The molecule has 1 aliphatic heterocycles. The summed E-state index contributed by atoms with van der Waals surface area (Å²) in [5.74, 6) is 1.84. The van der Waals surface area contributed by atoms with Gasteiger partial charge in [-0.1, -0.05) is 36.4 Å². The van der Waals surface area contributed by atoms with E-state index in [1.54, 1.807) is 6.33 Å². The van der Waals surface area contributed by atoms with Crippen molar-refractivity contribution in [3.05, 3.63) is 77.1 Å². The highest BCUT2D eigenvalue weighted by atomic mass is 32.1. The summed E-state index contributed by atoms with van der Waals surface area (Å²) in [5, 5.41) is 4.11. The van der Waals surface area contributed by atoms with Crippen LogP contribution in [0, 0.1) is 6.92 Å². The lowest BCUT2D eigenvalue weighted by molar-refractivity contribution is 0.0943. The van der Waals surface area contributed by atoms with Crippen LogP contribution in [0.5, 0.6) is 0 Å². The Morgan fingerprint density at radius 3 is 2.42 bits per heavy atom. The van der Waals surface area contributed by atoms with E-state index in [0.717, 1.165) is 59.2 Å². The number of hydrogen-bond acceptors (Lipinski definition) is 7. The second-order valence-electron chi connectivity index (χ2n) is 8.20. The van der Waals surface area contributed by atoms with Gasteiger partial charge in [0.2, 0.25) is 0 Å². The zero-order valence-electron chi connectivity index (χ0n) is 18.7. The summed E-state index contributed by atoms with van der Waals surface area (Å²) in [6.45, 7) is 7.41. The Morgan fingerprint density at radius 2 is 1.70 bits per heavy atom. The lowest BCUT2D eigenvalue weighted by Crippen LogP contribution is -2.47. The minimum atomic E-state index is -0.0754. The molecule has 4 heterocycles. The predicted octanol–water partition coefficient (Wildman–Crippen LogP) is 4.21. The van der Waals surface area contributed by atoms with Gasteiger partial charge in [-0.15, -0.1) is 11.3 Å². The number of pyridine rings is 1. The first-order valence-electron chi connectivity index (χ1n) is 11.1. The quantitative estimate of drug-likeness (QED) is 0.483. The lowest BCUT2D eigenvalue weighted by atomic mass is 10.1. The molecular weight excluding hydrogens is 432 g/mol. The summed E-state index contributed by atoms with van der Waals surface area (Å²) in [4.78, 5) is 32.8. The van der Waals surface area contributed by atoms with Crippen molar-refractivity contribution in [2.75, 3.05) is 36.0 Å². The number of aryl methyl sites for hydroxylation is 1. The van der Waals surface area contributed by atoms with Crippen molar-refractivity contribution in [3.63, 3.8) is 0 Å². The Balaban J connectivity index is 1.37. The van der Waals surface area contributed by atoms with E-state index in [1.165, 1.54) is 11.3 Å². The number of thiophene rings is 1. The van der Waals surface area contributed by atoms with Crippen LogP contribution < -0.4 is 15.1 Å². The summed E-state index contributed by atoms with van der Waals surface area (Å²) in [6.07, 6.45) is 3.43. The summed E-state index contributed by atoms with van der Waals surface area (Å²) >= 11 is 1.43. The third-order valence-corrected chi connectivity index (χ3v) is 7.31. The number of anilines is 2. The van der Waals surface area contributed by atoms with E-state index in [9.17, 15) is 4.79 Å². The maximum Gasteiger partial charge on any atom is 0.262 e. The fourth-order valence-corrected chi connectivity index (χ4v) is 5.33. The summed E-state index contributed by atoms with van der Waals surface area (Å²) in [7, 11) is 0. The molecule has 8 heteroatoms. The van der Waals surface area contributed by atoms with Gasteiger partial charge < -0.3 is 15.1 Å². The van der Waals surface area contributed by atoms with Crippen LogP contribution in [-0.4, -0.2) is 47.0 Å². The number of carbonyl (C=O) groups excluding carboxylic acids is 1. The monoisotopic (exact) mass is 458 g/mol. The summed E-state index contributed by atoms with van der Waals surface area (Å²) in [6, 6.07) is 15.9. The molecule has 168 valence electrons. The minimum absolute atomic E-state index is 0.0715. The molecule has 0 bridgehead atoms. The number of carbonyl (C=O) groups is 1. The number of hydrogen-bond donors (Lipinski definition) is 1. The topological polar surface area (TPSA) is 74.2 Å². The standard InChI is InChI=1S/C25H26N6OS/c1-17-21-23(31-14-12-30(13-15-31)20-10-6-7-11-26-20)27-16-28-25(21)33-22(17)24(32)29-18(2)19-8-4-3-5-9-19/h3-11,16,18H,12-15H2,1-2H3,(H,29,32). The van der Waals surface area contributed by atoms with Crippen molar-refractivity contribution in [3.8, 4) is 0 Å². The van der Waals surface area contributed by atoms with Crippen LogP contribution >= 0.6 is 11.3 Å². The van der Waals surface area contributed by atoms with Crippen LogP contribution in [0.3, 0.4) is 0 Å². The second-order valence-corrected chi connectivity index (χ2v) is 9.20. The minimum Gasteiger partial charge on any atom is -0.353 e. The van der Waals surface area contributed by atoms with Crippen LogP contribution in [-0.2, 0) is 0 Å². The Hall–Kier alpha value is -3.52. The number of rotatable bonds is 5. The number of piperazine rings is 1. The second kappa shape index (κ2) is 9.15. The molecule has 1 saturated heterocycles. The molecular formula is C25H26N6OS. The zero-order valence-corrected chi connectivity index (χ0v) is 19.5. The van der Waals surface area contributed by atoms with Crippen molar-refractivity contribution in [1.82, 2.24) is 20.3 Å². The first-order chi connectivity index (χ1) is 16.1. The molecule has 0 radical (unpaired) electrons. The molecule has 1 aliphatic rings. The summed E-state index contributed by atoms with van der Waals surface area (Å²) < 4.78 is 0. The van der Waals surface area contributed by atoms with E-state index >= 15 is 0 Å². The van der Waals surface area contributed by atoms with Crippen molar-refractivity contribution in [2.45, 2.75) is 19.9 Å². The van der Waals surface area contributed by atoms with Crippen LogP contribution in [0.4, 0.5) is 11.6 Å². The van der Waals surface area contributed by atoms with E-state index in [0.29, 0.717) is 4.88 Å². The first kappa shape index (κ1) is 21.3. The van der Waals surface area contributed by atoms with Crippen LogP contribution in [0.1, 0.15) is 33.8 Å². The highest BCUT2D eigenvalue weighted by molar-refractivity contribution is 7.20. The number of nitrogens with zero attached hydrogens (tertiary/aromatic N) is 5. The number of aromatic nitrogens is 3. The molecule has 0 aliphatic carbocycles. The average molecular weight is 459 g/mol. The maximum atomic E-state index is 13.1. The smallest absolute Gasteiger partial charge is 0.262 e. The molecule has 1 atom stereocenters. The van der Waals surface area contributed by atoms with Gasteiger partial charge in [0.15, 0.2) is 0 Å². The number of fused-ring (bicyclic) bond motifs is 1. The van der Waals surface area contributed by atoms with E-state index in [4.69, 9.17) is 0 Å². The van der Waals surface area contributed by atoms with Gasteiger partial charge in [0.25, 0.3) is 5.91 Å². The molecule has 3 aromatic heterocycles. The van der Waals surface area contributed by atoms with Crippen molar-refractivity contribution < 1.29 is 4.79 Å². The van der Waals surface area contributed by atoms with Crippen molar-refractivity contribution >= 4 is 39.1 Å². The highest BCUT2D eigenvalue weighted by Crippen LogP contribution is 2.35. The van der Waals surface area contributed by atoms with Crippen LogP contribution in [0.15, 0.2) is 61.1 Å². The van der Waals surface area contributed by atoms with Crippen molar-refractivity contribution in [1.29, 1.82) is 0 Å². The predicted molar refractivity (Wildman–Crippen MR) is 133 cm³/mol. The molecule has 1 amide bonds. The Bertz CT molecular complexity index is 1250. The number of benzene rings is 1. The molecule has 33 heavy (non-hydrogen) atoms. The third kappa shape index (κ3) is 4.26. The Kier molecular flexibility index (Phi) is 5.92. The van der Waals surface area contributed by atoms with Crippen LogP contribution in [0.2, 0.25) is 0 Å². The van der Waals surface area contributed by atoms with Gasteiger partial charge in [0.1, 0.15) is 22.8 Å². The molecule has 5 rings (SSSR count). The van der Waals surface area contributed by atoms with Gasteiger partial charge in [-0.2, -0.15) is 0 Å². The largest absolute Gasteiger partial charge is 0.353 e. The van der Waals surface area contributed by atoms with Crippen molar-refractivity contribution in [2.24, 2.45) is 0 Å².